The third kappa shape index (κ3) is 4.64. The molecular weight excluding hydrogens is 468 g/mol. The van der Waals surface area contributed by atoms with Gasteiger partial charge in [0.1, 0.15) is 34.5 Å². The fraction of sp³-hybridized carbons (Fsp3) is 0.0417. The number of imidazole rings is 1. The van der Waals surface area contributed by atoms with Crippen molar-refractivity contribution in [1.29, 1.82) is 5.26 Å². The van der Waals surface area contributed by atoms with Crippen molar-refractivity contribution < 1.29 is 17.9 Å². The van der Waals surface area contributed by atoms with Gasteiger partial charge in [-0.3, -0.25) is 4.98 Å². The molecule has 0 aliphatic heterocycles. The van der Waals surface area contributed by atoms with Crippen LogP contribution < -0.4 is 9.47 Å². The summed E-state index contributed by atoms with van der Waals surface area (Å²) >= 11 is 0. The summed E-state index contributed by atoms with van der Waals surface area (Å²) in [7, 11) is -3.43. The maximum Gasteiger partial charge on any atom is 0.192 e. The van der Waals surface area contributed by atoms with E-state index in [9.17, 15) is 13.7 Å². The van der Waals surface area contributed by atoms with Crippen molar-refractivity contribution in [3.63, 3.8) is 0 Å². The summed E-state index contributed by atoms with van der Waals surface area (Å²) in [4.78, 5) is 20.1. The molecule has 35 heavy (non-hydrogen) atoms. The maximum atomic E-state index is 11.7. The average Bonchev–Trinajstić information content (AvgIpc) is 3.29. The number of hydrogen-bond acceptors (Lipinski definition) is 9. The Balaban J connectivity index is 1.58. The number of hydrogen-bond donors (Lipinski definition) is 1. The first kappa shape index (κ1) is 22.0. The van der Waals surface area contributed by atoms with Gasteiger partial charge in [-0.15, -0.1) is 0 Å². The fourth-order valence-electron chi connectivity index (χ4n) is 3.29. The molecular formula is C24H16N6O4S. The molecule has 10 nitrogen and oxygen atoms in total. The number of fused-ring (bicyclic) bond motifs is 1. The minimum Gasteiger partial charge on any atom is -0.456 e. The third-order valence-corrected chi connectivity index (χ3v) is 5.88. The van der Waals surface area contributed by atoms with Crippen LogP contribution >= 0.6 is 0 Å². The Hall–Kier alpha value is -4.82. The number of H-pyrrole nitrogens is 1. The van der Waals surface area contributed by atoms with E-state index in [4.69, 9.17) is 9.47 Å². The topological polar surface area (TPSA) is 144 Å². The maximum absolute atomic E-state index is 11.7. The first-order valence-electron chi connectivity index (χ1n) is 10.2. The van der Waals surface area contributed by atoms with Gasteiger partial charge in [-0.1, -0.05) is 12.1 Å². The molecule has 0 saturated carbocycles. The molecule has 0 bridgehead atoms. The predicted molar refractivity (Wildman–Crippen MR) is 126 cm³/mol. The van der Waals surface area contributed by atoms with Gasteiger partial charge in [-0.05, 0) is 24.3 Å². The summed E-state index contributed by atoms with van der Waals surface area (Å²) in [6.07, 6.45) is 7.11. The number of nitrogens with zero attached hydrogens (tertiary/aromatic N) is 5. The van der Waals surface area contributed by atoms with Crippen LogP contribution in [0.5, 0.6) is 23.0 Å². The van der Waals surface area contributed by atoms with E-state index in [0.717, 1.165) is 6.26 Å². The number of nitriles is 1. The van der Waals surface area contributed by atoms with Crippen molar-refractivity contribution in [2.75, 3.05) is 6.26 Å². The molecule has 172 valence electrons. The van der Waals surface area contributed by atoms with Gasteiger partial charge < -0.3 is 14.5 Å². The van der Waals surface area contributed by atoms with Gasteiger partial charge in [0, 0.05) is 30.8 Å². The highest BCUT2D eigenvalue weighted by molar-refractivity contribution is 7.90. The van der Waals surface area contributed by atoms with Gasteiger partial charge in [0.05, 0.1) is 23.5 Å². The van der Waals surface area contributed by atoms with Crippen LogP contribution in [0.25, 0.3) is 22.6 Å². The standard InChI is InChI=1S/C24H16N6O4S/c1-35(31,32)22-7-6-16(13-28-22)33-17-10-18-23(30-24(29-18)19-14-26-8-9-27-19)21(11-17)34-20-5-3-2-4-15(20)12-25/h2-11,13-14H,1H3,(H,29,30). The normalized spacial score (nSPS) is 11.2. The summed E-state index contributed by atoms with van der Waals surface area (Å²) in [5, 5.41) is 9.39. The number of aromatic amines is 1. The van der Waals surface area contributed by atoms with Crippen LogP contribution in [0, 0.1) is 11.3 Å². The van der Waals surface area contributed by atoms with Gasteiger partial charge in [0.2, 0.25) is 0 Å². The van der Waals surface area contributed by atoms with Crippen molar-refractivity contribution in [2.24, 2.45) is 0 Å². The van der Waals surface area contributed by atoms with Gasteiger partial charge >= 0.3 is 0 Å². The number of para-hydroxylation sites is 1. The molecule has 0 amide bonds. The Kier molecular flexibility index (Phi) is 5.56. The van der Waals surface area contributed by atoms with E-state index in [0.29, 0.717) is 51.1 Å². The van der Waals surface area contributed by atoms with Crippen LogP contribution in [0.2, 0.25) is 0 Å². The molecule has 5 rings (SSSR count). The summed E-state index contributed by atoms with van der Waals surface area (Å²) in [6.45, 7) is 0. The van der Waals surface area contributed by atoms with Crippen LogP contribution in [-0.4, -0.2) is 39.6 Å². The largest absolute Gasteiger partial charge is 0.456 e. The second-order valence-corrected chi connectivity index (χ2v) is 9.37. The quantitative estimate of drug-likeness (QED) is 0.373. The Labute approximate surface area is 199 Å². The van der Waals surface area contributed by atoms with E-state index >= 15 is 0 Å². The SMILES string of the molecule is CS(=O)(=O)c1ccc(Oc2cc(Oc3ccccc3C#N)c3nc(-c4cnccn4)[nH]c3c2)cn1. The van der Waals surface area contributed by atoms with Crippen molar-refractivity contribution in [1.82, 2.24) is 24.9 Å². The molecule has 0 aliphatic rings. The zero-order valence-electron chi connectivity index (χ0n) is 18.2. The van der Waals surface area contributed by atoms with E-state index in [2.05, 4.69) is 31.0 Å². The molecule has 11 heteroatoms. The fourth-order valence-corrected chi connectivity index (χ4v) is 3.85. The van der Waals surface area contributed by atoms with Crippen LogP contribution in [0.15, 0.2) is 78.3 Å². The van der Waals surface area contributed by atoms with E-state index < -0.39 is 9.84 Å². The third-order valence-electron chi connectivity index (χ3n) is 4.88. The highest BCUT2D eigenvalue weighted by Crippen LogP contribution is 2.37. The Morgan fingerprint density at radius 2 is 1.80 bits per heavy atom. The molecule has 0 spiro atoms. The van der Waals surface area contributed by atoms with Crippen LogP contribution in [0.4, 0.5) is 0 Å². The molecule has 1 N–H and O–H groups in total. The molecule has 0 atom stereocenters. The lowest BCUT2D eigenvalue weighted by Crippen LogP contribution is -1.99. The summed E-state index contributed by atoms with van der Waals surface area (Å²) in [5.41, 5.74) is 1.98. The lowest BCUT2D eigenvalue weighted by Gasteiger charge is -2.11. The van der Waals surface area contributed by atoms with Crippen molar-refractivity contribution >= 4 is 20.9 Å². The average molecular weight is 484 g/mol. The minimum atomic E-state index is -3.43. The van der Waals surface area contributed by atoms with Crippen LogP contribution in [-0.2, 0) is 9.84 Å². The number of benzene rings is 2. The number of ether oxygens (including phenoxy) is 2. The second kappa shape index (κ2) is 8.85. The molecule has 5 aromatic rings. The second-order valence-electron chi connectivity index (χ2n) is 7.41. The van der Waals surface area contributed by atoms with Crippen LogP contribution in [0.1, 0.15) is 5.56 Å². The van der Waals surface area contributed by atoms with Gasteiger partial charge in [-0.25, -0.2) is 23.4 Å². The summed E-state index contributed by atoms with van der Waals surface area (Å²) in [5.74, 6) is 1.88. The van der Waals surface area contributed by atoms with Crippen molar-refractivity contribution in [3.05, 3.63) is 78.9 Å². The first-order valence-corrected chi connectivity index (χ1v) is 12.1. The Morgan fingerprint density at radius 3 is 2.51 bits per heavy atom. The lowest BCUT2D eigenvalue weighted by molar-refractivity contribution is 0.461. The van der Waals surface area contributed by atoms with Crippen LogP contribution in [0.3, 0.4) is 0 Å². The number of pyridine rings is 1. The minimum absolute atomic E-state index is 0.0559. The zero-order valence-corrected chi connectivity index (χ0v) is 19.0. The van der Waals surface area contributed by atoms with Gasteiger partial charge in [0.15, 0.2) is 26.4 Å². The highest BCUT2D eigenvalue weighted by Gasteiger charge is 2.16. The number of rotatable bonds is 6. The number of nitrogens with one attached hydrogen (secondary N) is 1. The molecule has 0 radical (unpaired) electrons. The molecule has 3 heterocycles. The lowest BCUT2D eigenvalue weighted by atomic mass is 10.2. The molecule has 0 saturated heterocycles. The van der Waals surface area contributed by atoms with Gasteiger partial charge in [-0.2, -0.15) is 5.26 Å². The molecule has 0 fully saturated rings. The predicted octanol–water partition coefficient (Wildman–Crippen LogP) is 4.27. The molecule has 0 aliphatic carbocycles. The van der Waals surface area contributed by atoms with E-state index in [-0.39, 0.29) is 5.03 Å². The Bertz CT molecular complexity index is 1680. The zero-order chi connectivity index (χ0) is 24.4. The molecule has 3 aromatic heterocycles. The van der Waals surface area contributed by atoms with Gasteiger partial charge in [0.25, 0.3) is 0 Å². The smallest absolute Gasteiger partial charge is 0.192 e. The van der Waals surface area contributed by atoms with E-state index in [1.54, 1.807) is 55.0 Å². The first-order chi connectivity index (χ1) is 16.9. The Morgan fingerprint density at radius 1 is 0.943 bits per heavy atom. The number of sulfone groups is 1. The van der Waals surface area contributed by atoms with E-state index in [1.807, 2.05) is 0 Å². The number of aromatic nitrogens is 5. The highest BCUT2D eigenvalue weighted by atomic mass is 32.2. The van der Waals surface area contributed by atoms with Crippen molar-refractivity contribution in [3.8, 4) is 40.6 Å². The molecule has 2 aromatic carbocycles. The monoisotopic (exact) mass is 484 g/mol. The molecule has 0 unspecified atom stereocenters. The summed E-state index contributed by atoms with van der Waals surface area (Å²) in [6, 6.07) is 15.2. The van der Waals surface area contributed by atoms with E-state index in [1.165, 1.54) is 18.3 Å². The summed E-state index contributed by atoms with van der Waals surface area (Å²) < 4.78 is 35.4. The van der Waals surface area contributed by atoms with Crippen molar-refractivity contribution in [2.45, 2.75) is 5.03 Å².